The number of nitrogens with one attached hydrogen (secondary N) is 1. The number of nitrogens with zero attached hydrogens (tertiary/aromatic N) is 1. The summed E-state index contributed by atoms with van der Waals surface area (Å²) in [6, 6.07) is 1.61. The van der Waals surface area contributed by atoms with Crippen LogP contribution in [0.3, 0.4) is 0 Å². The van der Waals surface area contributed by atoms with E-state index in [4.69, 9.17) is 4.42 Å². The van der Waals surface area contributed by atoms with E-state index in [2.05, 4.69) is 26.1 Å². The van der Waals surface area contributed by atoms with Crippen molar-refractivity contribution in [3.63, 3.8) is 0 Å². The number of rotatable bonds is 6. The summed E-state index contributed by atoms with van der Waals surface area (Å²) in [5.41, 5.74) is 0.924. The minimum absolute atomic E-state index is 0.0162. The summed E-state index contributed by atoms with van der Waals surface area (Å²) in [5, 5.41) is 3.31. The molecule has 0 aliphatic heterocycles. The Morgan fingerprint density at radius 1 is 1.24 bits per heavy atom. The topological polar surface area (TPSA) is 28.4 Å². The van der Waals surface area contributed by atoms with Gasteiger partial charge in [-0.15, -0.1) is 0 Å². The van der Waals surface area contributed by atoms with Gasteiger partial charge >= 0.3 is 6.18 Å². The lowest BCUT2D eigenvalue weighted by atomic mass is 10.1. The highest BCUT2D eigenvalue weighted by molar-refractivity contribution is 5.13. The van der Waals surface area contributed by atoms with E-state index in [1.165, 1.54) is 4.90 Å². The molecule has 0 unspecified atom stereocenters. The molecule has 0 aliphatic rings. The van der Waals surface area contributed by atoms with Gasteiger partial charge in [0.15, 0.2) is 0 Å². The van der Waals surface area contributed by atoms with Gasteiger partial charge in [0.05, 0.1) is 19.4 Å². The van der Waals surface area contributed by atoms with Gasteiger partial charge in [-0.3, -0.25) is 4.90 Å². The average Bonchev–Trinajstić information content (AvgIpc) is 2.70. The van der Waals surface area contributed by atoms with Crippen LogP contribution in [0, 0.1) is 0 Å². The van der Waals surface area contributed by atoms with Crippen LogP contribution in [0.4, 0.5) is 13.2 Å². The van der Waals surface area contributed by atoms with Crippen molar-refractivity contribution in [1.29, 1.82) is 0 Å². The molecule has 3 nitrogen and oxygen atoms in total. The molecular weight excluding hydrogens is 281 g/mol. The Hall–Kier alpha value is -1.01. The first-order valence-corrected chi connectivity index (χ1v) is 7.08. The SMILES string of the molecule is CC(C)N(Cc1cc(CNC(C)(C)C)co1)CC(F)(F)F. The fourth-order valence-electron chi connectivity index (χ4n) is 1.82. The standard InChI is InChI=1S/C15H25F3N2O/c1-11(2)20(10-15(16,17)18)8-13-6-12(9-21-13)7-19-14(3,4)5/h6,9,11,19H,7-8,10H2,1-5H3. The molecule has 0 radical (unpaired) electrons. The maximum atomic E-state index is 12.5. The summed E-state index contributed by atoms with van der Waals surface area (Å²) in [5.74, 6) is 0.554. The molecule has 0 aliphatic carbocycles. The van der Waals surface area contributed by atoms with Crippen LogP contribution in [0.15, 0.2) is 16.7 Å². The summed E-state index contributed by atoms with van der Waals surface area (Å²) in [4.78, 5) is 1.35. The van der Waals surface area contributed by atoms with Gasteiger partial charge in [0, 0.05) is 23.7 Å². The Morgan fingerprint density at radius 2 is 1.86 bits per heavy atom. The number of furan rings is 1. The van der Waals surface area contributed by atoms with Gasteiger partial charge in [0.1, 0.15) is 5.76 Å². The third-order valence-corrected chi connectivity index (χ3v) is 3.00. The summed E-state index contributed by atoms with van der Waals surface area (Å²) in [6.45, 7) is 9.52. The van der Waals surface area contributed by atoms with Crippen LogP contribution >= 0.6 is 0 Å². The molecule has 6 heteroatoms. The van der Waals surface area contributed by atoms with Gasteiger partial charge in [-0.1, -0.05) is 0 Å². The van der Waals surface area contributed by atoms with Crippen molar-refractivity contribution in [2.75, 3.05) is 6.54 Å². The average molecular weight is 306 g/mol. The number of alkyl halides is 3. The van der Waals surface area contributed by atoms with Crippen molar-refractivity contribution >= 4 is 0 Å². The molecule has 0 fully saturated rings. The molecule has 0 spiro atoms. The van der Waals surface area contributed by atoms with Gasteiger partial charge in [-0.05, 0) is 40.7 Å². The zero-order valence-electron chi connectivity index (χ0n) is 13.3. The van der Waals surface area contributed by atoms with E-state index < -0.39 is 12.7 Å². The quantitative estimate of drug-likeness (QED) is 0.863. The van der Waals surface area contributed by atoms with E-state index in [0.717, 1.165) is 5.56 Å². The van der Waals surface area contributed by atoms with Crippen LogP contribution in [0.25, 0.3) is 0 Å². The molecule has 1 heterocycles. The van der Waals surface area contributed by atoms with Crippen molar-refractivity contribution in [3.8, 4) is 0 Å². The summed E-state index contributed by atoms with van der Waals surface area (Å²) < 4.78 is 43.0. The number of hydrogen-bond donors (Lipinski definition) is 1. The highest BCUT2D eigenvalue weighted by atomic mass is 19.4. The zero-order valence-corrected chi connectivity index (χ0v) is 13.3. The normalized spacial score (nSPS) is 13.4. The monoisotopic (exact) mass is 306 g/mol. The molecular formula is C15H25F3N2O. The molecule has 1 rings (SSSR count). The summed E-state index contributed by atoms with van der Waals surface area (Å²) >= 11 is 0. The van der Waals surface area contributed by atoms with Crippen LogP contribution in [0.1, 0.15) is 45.9 Å². The summed E-state index contributed by atoms with van der Waals surface area (Å²) in [7, 11) is 0. The van der Waals surface area contributed by atoms with Crippen LogP contribution in [0.2, 0.25) is 0 Å². The van der Waals surface area contributed by atoms with Gasteiger partial charge in [0.2, 0.25) is 0 Å². The molecule has 1 aromatic heterocycles. The Morgan fingerprint density at radius 3 is 2.33 bits per heavy atom. The van der Waals surface area contributed by atoms with Crippen LogP contribution in [0.5, 0.6) is 0 Å². The zero-order chi connectivity index (χ0) is 16.3. The van der Waals surface area contributed by atoms with Crippen LogP contribution < -0.4 is 5.32 Å². The molecule has 0 saturated carbocycles. The maximum Gasteiger partial charge on any atom is 0.401 e. The highest BCUT2D eigenvalue weighted by Crippen LogP contribution is 2.20. The van der Waals surface area contributed by atoms with Crippen molar-refractivity contribution in [3.05, 3.63) is 23.7 Å². The van der Waals surface area contributed by atoms with Crippen LogP contribution in [-0.4, -0.2) is 29.2 Å². The minimum Gasteiger partial charge on any atom is -0.468 e. The largest absolute Gasteiger partial charge is 0.468 e. The fraction of sp³-hybridized carbons (Fsp3) is 0.733. The van der Waals surface area contributed by atoms with Gasteiger partial charge in [-0.25, -0.2) is 0 Å². The first-order valence-electron chi connectivity index (χ1n) is 7.08. The molecule has 1 N–H and O–H groups in total. The number of halogens is 3. The first kappa shape index (κ1) is 18.0. The van der Waals surface area contributed by atoms with Crippen molar-refractivity contribution in [2.24, 2.45) is 0 Å². The second-order valence-corrected chi connectivity index (χ2v) is 6.64. The minimum atomic E-state index is -4.20. The predicted molar refractivity (Wildman–Crippen MR) is 76.9 cm³/mol. The maximum absolute atomic E-state index is 12.5. The molecule has 0 aromatic carbocycles. The lowest BCUT2D eigenvalue weighted by Crippen LogP contribution is -2.38. The van der Waals surface area contributed by atoms with Gasteiger partial charge < -0.3 is 9.73 Å². The van der Waals surface area contributed by atoms with E-state index in [0.29, 0.717) is 12.3 Å². The van der Waals surface area contributed by atoms with Crippen molar-refractivity contribution in [2.45, 2.75) is 65.5 Å². The van der Waals surface area contributed by atoms with Gasteiger partial charge in [0.25, 0.3) is 0 Å². The highest BCUT2D eigenvalue weighted by Gasteiger charge is 2.32. The Balaban J connectivity index is 2.63. The molecule has 1 aromatic rings. The smallest absolute Gasteiger partial charge is 0.401 e. The Kier molecular flexibility index (Phi) is 5.87. The predicted octanol–water partition coefficient (Wildman–Crippen LogP) is 3.94. The van der Waals surface area contributed by atoms with Crippen LogP contribution in [-0.2, 0) is 13.1 Å². The molecule has 21 heavy (non-hydrogen) atoms. The Bertz CT molecular complexity index is 433. The molecule has 0 amide bonds. The molecule has 0 saturated heterocycles. The third kappa shape index (κ3) is 7.52. The lowest BCUT2D eigenvalue weighted by molar-refractivity contribution is -0.151. The van der Waals surface area contributed by atoms with E-state index in [-0.39, 0.29) is 18.1 Å². The van der Waals surface area contributed by atoms with Gasteiger partial charge in [-0.2, -0.15) is 13.2 Å². The summed E-state index contributed by atoms with van der Waals surface area (Å²) in [6.07, 6.45) is -2.60. The first-order chi connectivity index (χ1) is 9.46. The fourth-order valence-corrected chi connectivity index (χ4v) is 1.82. The molecule has 0 bridgehead atoms. The molecule has 122 valence electrons. The second kappa shape index (κ2) is 6.83. The number of hydrogen-bond acceptors (Lipinski definition) is 3. The van der Waals surface area contributed by atoms with E-state index in [1.807, 2.05) is 6.07 Å². The Labute approximate surface area is 124 Å². The molecule has 0 atom stereocenters. The second-order valence-electron chi connectivity index (χ2n) is 6.64. The van der Waals surface area contributed by atoms with E-state index in [1.54, 1.807) is 20.1 Å². The van der Waals surface area contributed by atoms with Crippen molar-refractivity contribution in [1.82, 2.24) is 10.2 Å². The lowest BCUT2D eigenvalue weighted by Gasteiger charge is -2.26. The third-order valence-electron chi connectivity index (χ3n) is 3.00. The van der Waals surface area contributed by atoms with Crippen molar-refractivity contribution < 1.29 is 17.6 Å². The van der Waals surface area contributed by atoms with E-state index in [9.17, 15) is 13.2 Å². The van der Waals surface area contributed by atoms with E-state index >= 15 is 0 Å².